The highest BCUT2D eigenvalue weighted by molar-refractivity contribution is 7.92. The van der Waals surface area contributed by atoms with E-state index >= 15 is 0 Å². The normalized spacial score (nSPS) is 11.0. The summed E-state index contributed by atoms with van der Waals surface area (Å²) >= 11 is 0. The van der Waals surface area contributed by atoms with E-state index in [4.69, 9.17) is 9.47 Å². The van der Waals surface area contributed by atoms with Gasteiger partial charge in [0.05, 0.1) is 24.8 Å². The number of benzene rings is 3. The largest absolute Gasteiger partial charge is 0.493 e. The lowest BCUT2D eigenvalue weighted by Crippen LogP contribution is -2.26. The number of para-hydroxylation sites is 1. The summed E-state index contributed by atoms with van der Waals surface area (Å²) < 4.78 is 64.8. The molecule has 0 unspecified atom stereocenters. The maximum Gasteiger partial charge on any atom is 0.264 e. The third kappa shape index (κ3) is 4.50. The quantitative estimate of drug-likeness (QED) is 0.573. The first-order valence-corrected chi connectivity index (χ1v) is 10.7. The highest BCUT2D eigenvalue weighted by Gasteiger charge is 2.23. The molecule has 32 heavy (non-hydrogen) atoms. The molecule has 0 bridgehead atoms. The monoisotopic (exact) mass is 462 g/mol. The van der Waals surface area contributed by atoms with Crippen molar-refractivity contribution in [2.24, 2.45) is 0 Å². The van der Waals surface area contributed by atoms with Gasteiger partial charge in [-0.05, 0) is 48.5 Å². The van der Waals surface area contributed by atoms with E-state index in [1.165, 1.54) is 69.8 Å². The van der Waals surface area contributed by atoms with Crippen LogP contribution in [0.4, 0.5) is 20.2 Å². The van der Waals surface area contributed by atoms with E-state index in [0.29, 0.717) is 5.75 Å². The van der Waals surface area contributed by atoms with Gasteiger partial charge in [-0.25, -0.2) is 17.2 Å². The summed E-state index contributed by atoms with van der Waals surface area (Å²) in [6.45, 7) is 0. The first kappa shape index (κ1) is 23.0. The molecule has 1 N–H and O–H groups in total. The number of halogens is 2. The summed E-state index contributed by atoms with van der Waals surface area (Å²) in [5.74, 6) is -1.91. The molecule has 1 amide bonds. The van der Waals surface area contributed by atoms with Gasteiger partial charge in [0.1, 0.15) is 17.3 Å². The van der Waals surface area contributed by atoms with E-state index in [1.807, 2.05) is 0 Å². The molecule has 0 heterocycles. The first-order chi connectivity index (χ1) is 15.2. The SMILES string of the molecule is COc1ccc(S(=O)(=O)N(C)c2ccc(C(=O)Nc3c(F)cccc3F)cc2)cc1OC. The van der Waals surface area contributed by atoms with Crippen LogP contribution >= 0.6 is 0 Å². The highest BCUT2D eigenvalue weighted by atomic mass is 32.2. The minimum absolute atomic E-state index is 0.0190. The summed E-state index contributed by atoms with van der Waals surface area (Å²) in [6.07, 6.45) is 0. The molecule has 10 heteroatoms. The summed E-state index contributed by atoms with van der Waals surface area (Å²) in [5, 5.41) is 2.18. The third-order valence-electron chi connectivity index (χ3n) is 4.71. The molecule has 0 atom stereocenters. The molecule has 0 saturated heterocycles. The predicted molar refractivity (Wildman–Crippen MR) is 116 cm³/mol. The van der Waals surface area contributed by atoms with Gasteiger partial charge in [0.15, 0.2) is 11.5 Å². The van der Waals surface area contributed by atoms with Crippen LogP contribution in [0.1, 0.15) is 10.4 Å². The predicted octanol–water partition coefficient (Wildman–Crippen LogP) is 4.06. The molecular weight excluding hydrogens is 442 g/mol. The van der Waals surface area contributed by atoms with E-state index in [2.05, 4.69) is 5.32 Å². The van der Waals surface area contributed by atoms with Gasteiger partial charge < -0.3 is 14.8 Å². The van der Waals surface area contributed by atoms with Crippen LogP contribution in [0.2, 0.25) is 0 Å². The van der Waals surface area contributed by atoms with Gasteiger partial charge in [-0.1, -0.05) is 6.07 Å². The maximum atomic E-state index is 13.7. The summed E-state index contributed by atoms with van der Waals surface area (Å²) in [4.78, 5) is 12.3. The Morgan fingerprint density at radius 1 is 0.906 bits per heavy atom. The zero-order valence-corrected chi connectivity index (χ0v) is 18.2. The Kier molecular flexibility index (Phi) is 6.64. The number of nitrogens with one attached hydrogen (secondary N) is 1. The number of hydrogen-bond acceptors (Lipinski definition) is 5. The number of sulfonamides is 1. The van der Waals surface area contributed by atoms with Gasteiger partial charge in [0, 0.05) is 18.7 Å². The van der Waals surface area contributed by atoms with Crippen molar-refractivity contribution < 1.29 is 31.5 Å². The number of carbonyl (C=O) groups excluding carboxylic acids is 1. The Balaban J connectivity index is 1.83. The summed E-state index contributed by atoms with van der Waals surface area (Å²) in [5.41, 5.74) is -0.198. The molecule has 0 fully saturated rings. The number of nitrogens with zero attached hydrogens (tertiary/aromatic N) is 1. The fourth-order valence-corrected chi connectivity index (χ4v) is 4.11. The van der Waals surface area contributed by atoms with Crippen LogP contribution in [-0.4, -0.2) is 35.6 Å². The summed E-state index contributed by atoms with van der Waals surface area (Å²) in [6, 6.07) is 13.0. The molecular formula is C22H20F2N2O5S. The van der Waals surface area contributed by atoms with E-state index in [0.717, 1.165) is 16.4 Å². The Hall–Kier alpha value is -3.66. The zero-order valence-electron chi connectivity index (χ0n) is 17.4. The minimum atomic E-state index is -3.94. The van der Waals surface area contributed by atoms with Gasteiger partial charge in [0.2, 0.25) is 0 Å². The van der Waals surface area contributed by atoms with Crippen molar-refractivity contribution in [3.8, 4) is 11.5 Å². The van der Waals surface area contributed by atoms with Gasteiger partial charge >= 0.3 is 0 Å². The fraction of sp³-hybridized carbons (Fsp3) is 0.136. The van der Waals surface area contributed by atoms with Gasteiger partial charge in [-0.15, -0.1) is 0 Å². The molecule has 3 rings (SSSR count). The van der Waals surface area contributed by atoms with Crippen LogP contribution in [0.15, 0.2) is 65.6 Å². The van der Waals surface area contributed by atoms with Crippen molar-refractivity contribution >= 4 is 27.3 Å². The second kappa shape index (κ2) is 9.23. The average molecular weight is 462 g/mol. The lowest BCUT2D eigenvalue weighted by Gasteiger charge is -2.20. The molecule has 0 aliphatic carbocycles. The fourth-order valence-electron chi connectivity index (χ4n) is 2.90. The topological polar surface area (TPSA) is 84.9 Å². The number of ether oxygens (including phenoxy) is 2. The second-order valence-electron chi connectivity index (χ2n) is 6.59. The van der Waals surface area contributed by atoms with Gasteiger partial charge in [-0.3, -0.25) is 9.10 Å². The smallest absolute Gasteiger partial charge is 0.264 e. The van der Waals surface area contributed by atoms with Crippen LogP contribution in [0.5, 0.6) is 11.5 Å². The zero-order chi connectivity index (χ0) is 23.5. The van der Waals surface area contributed by atoms with Crippen LogP contribution < -0.4 is 19.1 Å². The van der Waals surface area contributed by atoms with Crippen molar-refractivity contribution in [3.05, 3.63) is 77.9 Å². The van der Waals surface area contributed by atoms with Crippen molar-refractivity contribution in [2.45, 2.75) is 4.90 Å². The van der Waals surface area contributed by atoms with E-state index < -0.39 is 33.3 Å². The molecule has 0 aliphatic heterocycles. The Labute approximate surface area is 184 Å². The van der Waals surface area contributed by atoms with Gasteiger partial charge in [-0.2, -0.15) is 0 Å². The molecule has 0 spiro atoms. The van der Waals surface area contributed by atoms with Gasteiger partial charge in [0.25, 0.3) is 15.9 Å². The van der Waals surface area contributed by atoms with Crippen LogP contribution in [0.3, 0.4) is 0 Å². The average Bonchev–Trinajstić information content (AvgIpc) is 2.80. The van der Waals surface area contributed by atoms with E-state index in [9.17, 15) is 22.0 Å². The molecule has 3 aromatic carbocycles. The lowest BCUT2D eigenvalue weighted by molar-refractivity contribution is 0.102. The molecule has 0 aliphatic rings. The minimum Gasteiger partial charge on any atom is -0.493 e. The number of rotatable bonds is 7. The summed E-state index contributed by atoms with van der Waals surface area (Å²) in [7, 11) is 0.251. The van der Waals surface area contributed by atoms with E-state index in [1.54, 1.807) is 0 Å². The molecule has 0 saturated carbocycles. The van der Waals surface area contributed by atoms with Crippen molar-refractivity contribution in [1.29, 1.82) is 0 Å². The molecule has 7 nitrogen and oxygen atoms in total. The second-order valence-corrected chi connectivity index (χ2v) is 8.56. The molecule has 168 valence electrons. The Bertz CT molecular complexity index is 1230. The number of anilines is 2. The van der Waals surface area contributed by atoms with E-state index in [-0.39, 0.29) is 21.9 Å². The molecule has 0 aromatic heterocycles. The Morgan fingerprint density at radius 2 is 1.50 bits per heavy atom. The van der Waals surface area contributed by atoms with Crippen molar-refractivity contribution in [1.82, 2.24) is 0 Å². The standard InChI is InChI=1S/C22H20F2N2O5S/c1-26(32(28,29)16-11-12-19(30-2)20(13-16)31-3)15-9-7-14(8-10-15)22(27)25-21-17(23)5-4-6-18(21)24/h4-13H,1-3H3,(H,25,27). The first-order valence-electron chi connectivity index (χ1n) is 9.25. The molecule has 3 aromatic rings. The van der Waals surface area contributed by atoms with Crippen LogP contribution in [0.25, 0.3) is 0 Å². The van der Waals surface area contributed by atoms with Crippen molar-refractivity contribution in [3.63, 3.8) is 0 Å². The van der Waals surface area contributed by atoms with Crippen molar-refractivity contribution in [2.75, 3.05) is 30.9 Å². The maximum absolute atomic E-state index is 13.7. The highest BCUT2D eigenvalue weighted by Crippen LogP contribution is 2.31. The number of amides is 1. The Morgan fingerprint density at radius 3 is 2.06 bits per heavy atom. The lowest BCUT2D eigenvalue weighted by atomic mass is 10.2. The van der Waals surface area contributed by atoms with Crippen LogP contribution in [-0.2, 0) is 10.0 Å². The number of carbonyl (C=O) groups is 1. The number of methoxy groups -OCH3 is 2. The van der Waals surface area contributed by atoms with Crippen LogP contribution in [0, 0.1) is 11.6 Å². The third-order valence-corrected chi connectivity index (χ3v) is 6.49. The number of hydrogen-bond donors (Lipinski definition) is 1. The molecule has 0 radical (unpaired) electrons.